The quantitative estimate of drug-likeness (QED) is 0.0579. The second-order valence-electron chi connectivity index (χ2n) is 15.5. The third-order valence-electron chi connectivity index (χ3n) is 9.98. The van der Waals surface area contributed by atoms with Gasteiger partial charge < -0.3 is 41.0 Å². The van der Waals surface area contributed by atoms with Gasteiger partial charge in [-0.3, -0.25) is 4.79 Å². The molecular weight excluding hydrogens is 677 g/mol. The van der Waals surface area contributed by atoms with Gasteiger partial charge in [-0.1, -0.05) is 88.9 Å². The number of benzene rings is 3. The molecule has 0 fully saturated rings. The van der Waals surface area contributed by atoms with Crippen LogP contribution in [0.4, 0.5) is 0 Å². The van der Waals surface area contributed by atoms with Crippen LogP contribution in [0.15, 0.2) is 66.7 Å². The van der Waals surface area contributed by atoms with E-state index in [2.05, 4.69) is 48.9 Å². The highest BCUT2D eigenvalue weighted by Crippen LogP contribution is 2.39. The Hall–Kier alpha value is -3.47. The highest BCUT2D eigenvalue weighted by atomic mass is 16.6. The van der Waals surface area contributed by atoms with E-state index in [0.29, 0.717) is 23.7 Å². The molecule has 1 heterocycles. The van der Waals surface area contributed by atoms with Crippen LogP contribution in [0.5, 0.6) is 17.2 Å². The molecule has 3 aromatic carbocycles. The number of hydrogen-bond acceptors (Lipinski definition) is 9. The van der Waals surface area contributed by atoms with E-state index in [9.17, 15) is 9.90 Å². The third kappa shape index (κ3) is 15.3. The predicted octanol–water partition coefficient (Wildman–Crippen LogP) is 8.06. The summed E-state index contributed by atoms with van der Waals surface area (Å²) in [4.78, 5) is 13.3. The highest BCUT2D eigenvalue weighted by Gasteiger charge is 2.44. The van der Waals surface area contributed by atoms with Gasteiger partial charge in [0, 0.05) is 6.54 Å². The molecule has 1 atom stereocenters. The number of nitrogens with two attached hydrogens (primary N) is 1. The zero-order chi connectivity index (χ0) is 39.2. The van der Waals surface area contributed by atoms with Gasteiger partial charge in [-0.25, -0.2) is 0 Å². The number of unbranched alkanes of at least 4 members (excludes halogenated alkanes) is 4. The van der Waals surface area contributed by atoms with Crippen LogP contribution in [0.3, 0.4) is 0 Å². The molecular formula is C45H70N4O5. The summed E-state index contributed by atoms with van der Waals surface area (Å²) < 4.78 is 17.5. The van der Waals surface area contributed by atoms with Crippen LogP contribution in [0.2, 0.25) is 0 Å². The van der Waals surface area contributed by atoms with Gasteiger partial charge in [-0.15, -0.1) is 0 Å². The van der Waals surface area contributed by atoms with Gasteiger partial charge in [-0.05, 0) is 132 Å². The maximum Gasteiger partial charge on any atom is 0.199 e. The van der Waals surface area contributed by atoms with Gasteiger partial charge in [0.1, 0.15) is 11.4 Å². The molecule has 3 aromatic rings. The van der Waals surface area contributed by atoms with Crippen molar-refractivity contribution < 1.29 is 24.1 Å². The molecule has 1 aliphatic rings. The van der Waals surface area contributed by atoms with Crippen LogP contribution in [0.1, 0.15) is 119 Å². The van der Waals surface area contributed by atoms with Crippen LogP contribution >= 0.6 is 0 Å². The fourth-order valence-corrected chi connectivity index (χ4v) is 6.57. The zero-order valence-electron chi connectivity index (χ0n) is 34.1. The summed E-state index contributed by atoms with van der Waals surface area (Å²) in [5.74, 6) is 1.39. The SMILES string of the molecule is CCCCCCC(C)(C)c1ccc2c(c1)OC(C)(C)C(OCc1ccccc1)C2=O.COc1cc(CNCCCNCCCCNCCCN)ccc1O. The van der Waals surface area contributed by atoms with E-state index in [1.165, 1.54) is 44.1 Å². The summed E-state index contributed by atoms with van der Waals surface area (Å²) in [6.45, 7) is 17.8. The number of carbonyl (C=O) groups excluding carboxylic acids is 1. The van der Waals surface area contributed by atoms with E-state index in [0.717, 1.165) is 76.2 Å². The second kappa shape index (κ2) is 24.1. The van der Waals surface area contributed by atoms with Gasteiger partial charge in [0.05, 0.1) is 19.3 Å². The molecule has 0 saturated heterocycles. The number of phenolic OH excluding ortho intramolecular Hbond substituents is 1. The molecule has 300 valence electrons. The van der Waals surface area contributed by atoms with Gasteiger partial charge >= 0.3 is 0 Å². The van der Waals surface area contributed by atoms with Crippen molar-refractivity contribution in [2.24, 2.45) is 5.73 Å². The lowest BCUT2D eigenvalue weighted by Gasteiger charge is -2.39. The topological polar surface area (TPSA) is 127 Å². The Morgan fingerprint density at radius 3 is 2.19 bits per heavy atom. The normalized spacial score (nSPS) is 14.9. The predicted molar refractivity (Wildman–Crippen MR) is 222 cm³/mol. The minimum atomic E-state index is -0.719. The standard InChI is InChI=1S/C27H36O3.C18H34N4O2/c1-6-7-8-12-17-26(2,3)21-15-16-22-23(18-21)30-27(4,5)25(24(22)28)29-19-20-13-10-9-11-14-20;1-24-18-14-16(6-7-17(18)23)15-22-13-5-12-21-10-3-2-9-20-11-4-8-19/h9-11,13-16,18,25H,6-8,12,17,19H2,1-5H3;6-7,14,20-23H,2-5,8-13,15,19H2,1H3. The molecule has 0 aromatic heterocycles. The molecule has 0 radical (unpaired) electrons. The van der Waals surface area contributed by atoms with Crippen molar-refractivity contribution in [2.75, 3.05) is 46.4 Å². The molecule has 0 bridgehead atoms. The number of phenols is 1. The van der Waals surface area contributed by atoms with Crippen molar-refractivity contribution in [2.45, 2.75) is 123 Å². The molecule has 4 rings (SSSR count). The summed E-state index contributed by atoms with van der Waals surface area (Å²) in [6, 6.07) is 21.5. The van der Waals surface area contributed by atoms with Crippen molar-refractivity contribution in [1.82, 2.24) is 16.0 Å². The zero-order valence-corrected chi connectivity index (χ0v) is 34.1. The van der Waals surface area contributed by atoms with Crippen molar-refractivity contribution in [3.8, 4) is 17.2 Å². The number of Topliss-reactive ketones (excluding diaryl/α,β-unsaturated/α-hetero) is 1. The number of fused-ring (bicyclic) bond motifs is 1. The molecule has 1 unspecified atom stereocenters. The number of hydrogen-bond donors (Lipinski definition) is 5. The number of carbonyl (C=O) groups is 1. The summed E-state index contributed by atoms with van der Waals surface area (Å²) in [7, 11) is 1.56. The van der Waals surface area contributed by atoms with Crippen LogP contribution in [0, 0.1) is 0 Å². The number of nitrogens with one attached hydrogen (secondary N) is 3. The highest BCUT2D eigenvalue weighted by molar-refractivity contribution is 6.03. The molecule has 0 amide bonds. The molecule has 9 nitrogen and oxygen atoms in total. The number of ketones is 1. The van der Waals surface area contributed by atoms with E-state index in [-0.39, 0.29) is 16.9 Å². The lowest BCUT2D eigenvalue weighted by atomic mass is 9.78. The molecule has 0 aliphatic carbocycles. The first-order valence-corrected chi connectivity index (χ1v) is 20.2. The van der Waals surface area contributed by atoms with Crippen molar-refractivity contribution >= 4 is 5.78 Å². The average molecular weight is 747 g/mol. The molecule has 9 heteroatoms. The molecule has 54 heavy (non-hydrogen) atoms. The number of aromatic hydroxyl groups is 1. The maximum absolute atomic E-state index is 13.3. The Morgan fingerprint density at radius 2 is 1.50 bits per heavy atom. The first-order chi connectivity index (χ1) is 26.0. The van der Waals surface area contributed by atoms with Gasteiger partial charge in [0.2, 0.25) is 0 Å². The summed E-state index contributed by atoms with van der Waals surface area (Å²) >= 11 is 0. The van der Waals surface area contributed by atoms with E-state index in [1.54, 1.807) is 13.2 Å². The van der Waals surface area contributed by atoms with Gasteiger partial charge in [-0.2, -0.15) is 0 Å². The van der Waals surface area contributed by atoms with Gasteiger partial charge in [0.15, 0.2) is 23.4 Å². The number of ether oxygens (including phenoxy) is 3. The second-order valence-corrected chi connectivity index (χ2v) is 15.5. The largest absolute Gasteiger partial charge is 0.504 e. The van der Waals surface area contributed by atoms with Crippen LogP contribution in [-0.2, 0) is 23.3 Å². The Labute approximate surface area is 326 Å². The Bertz CT molecular complexity index is 1500. The van der Waals surface area contributed by atoms with E-state index in [4.69, 9.17) is 19.9 Å². The summed E-state index contributed by atoms with van der Waals surface area (Å²) in [5, 5.41) is 19.8. The first kappa shape index (κ1) is 44.9. The van der Waals surface area contributed by atoms with Crippen LogP contribution in [0.25, 0.3) is 0 Å². The molecule has 6 N–H and O–H groups in total. The van der Waals surface area contributed by atoms with Crippen molar-refractivity contribution in [1.29, 1.82) is 0 Å². The minimum Gasteiger partial charge on any atom is -0.504 e. The van der Waals surface area contributed by atoms with E-state index in [1.807, 2.05) is 62.4 Å². The Morgan fingerprint density at radius 1 is 0.815 bits per heavy atom. The smallest absolute Gasteiger partial charge is 0.199 e. The summed E-state index contributed by atoms with van der Waals surface area (Å²) in [6.07, 6.45) is 10.1. The van der Waals surface area contributed by atoms with Crippen LogP contribution < -0.4 is 31.2 Å². The maximum atomic E-state index is 13.3. The van der Waals surface area contributed by atoms with Gasteiger partial charge in [0.25, 0.3) is 0 Å². The monoisotopic (exact) mass is 747 g/mol. The first-order valence-electron chi connectivity index (χ1n) is 20.2. The van der Waals surface area contributed by atoms with Crippen molar-refractivity contribution in [3.05, 3.63) is 89.0 Å². The minimum absolute atomic E-state index is 0.00415. The summed E-state index contributed by atoms with van der Waals surface area (Å²) in [5.41, 5.74) is 8.79. The van der Waals surface area contributed by atoms with E-state index < -0.39 is 11.7 Å². The fourth-order valence-electron chi connectivity index (χ4n) is 6.57. The molecule has 0 saturated carbocycles. The fraction of sp³-hybridized carbons (Fsp3) is 0.578. The average Bonchev–Trinajstić information content (AvgIpc) is 3.16. The Kier molecular flexibility index (Phi) is 20.1. The molecule has 0 spiro atoms. The lowest BCUT2D eigenvalue weighted by Crippen LogP contribution is -2.51. The van der Waals surface area contributed by atoms with E-state index >= 15 is 0 Å². The van der Waals surface area contributed by atoms with Crippen molar-refractivity contribution in [3.63, 3.8) is 0 Å². The number of methoxy groups -OCH3 is 1. The molecule has 1 aliphatic heterocycles. The van der Waals surface area contributed by atoms with Crippen LogP contribution in [-0.4, -0.2) is 69.0 Å². The number of rotatable bonds is 24. The lowest BCUT2D eigenvalue weighted by molar-refractivity contribution is -0.0686. The Balaban J connectivity index is 0.000000299. The third-order valence-corrected chi connectivity index (χ3v) is 9.98.